The van der Waals surface area contributed by atoms with Crippen LogP contribution in [0, 0.1) is 17.0 Å². The van der Waals surface area contributed by atoms with E-state index in [2.05, 4.69) is 19.2 Å². The van der Waals surface area contributed by atoms with E-state index in [9.17, 15) is 14.9 Å². The molecule has 0 unspecified atom stereocenters. The van der Waals surface area contributed by atoms with Crippen LogP contribution < -0.4 is 5.32 Å². The van der Waals surface area contributed by atoms with E-state index in [4.69, 9.17) is 0 Å². The lowest BCUT2D eigenvalue weighted by Gasteiger charge is -2.39. The molecule has 6 heteroatoms. The van der Waals surface area contributed by atoms with E-state index >= 15 is 0 Å². The Kier molecular flexibility index (Phi) is 3.76. The van der Waals surface area contributed by atoms with Crippen molar-refractivity contribution in [1.29, 1.82) is 0 Å². The predicted octanol–water partition coefficient (Wildman–Crippen LogP) is 1.73. The van der Waals surface area contributed by atoms with Crippen LogP contribution in [0.5, 0.6) is 0 Å². The van der Waals surface area contributed by atoms with Gasteiger partial charge in [-0.2, -0.15) is 0 Å². The molecule has 20 heavy (non-hydrogen) atoms. The summed E-state index contributed by atoms with van der Waals surface area (Å²) in [6.07, 6.45) is 0. The van der Waals surface area contributed by atoms with E-state index in [0.29, 0.717) is 24.2 Å². The average Bonchev–Trinajstić information content (AvgIpc) is 2.36. The zero-order valence-corrected chi connectivity index (χ0v) is 12.0. The van der Waals surface area contributed by atoms with Crippen molar-refractivity contribution in [2.75, 3.05) is 19.6 Å². The number of hydrogen-bond donors (Lipinski definition) is 1. The third-order valence-electron chi connectivity index (χ3n) is 3.51. The van der Waals surface area contributed by atoms with Gasteiger partial charge in [-0.25, -0.2) is 0 Å². The smallest absolute Gasteiger partial charge is 0.269 e. The Labute approximate surface area is 117 Å². The molecule has 0 spiro atoms. The number of non-ortho nitro benzene ring substituents is 1. The van der Waals surface area contributed by atoms with Gasteiger partial charge in [0.1, 0.15) is 0 Å². The molecule has 0 radical (unpaired) electrons. The zero-order chi connectivity index (χ0) is 14.9. The molecule has 0 aromatic heterocycles. The Morgan fingerprint density at radius 2 is 2.15 bits per heavy atom. The summed E-state index contributed by atoms with van der Waals surface area (Å²) >= 11 is 0. The molecule has 6 nitrogen and oxygen atoms in total. The number of carbonyl (C=O) groups is 1. The van der Waals surface area contributed by atoms with E-state index in [1.807, 2.05) is 0 Å². The van der Waals surface area contributed by atoms with Gasteiger partial charge in [0, 0.05) is 42.9 Å². The lowest BCUT2D eigenvalue weighted by Crippen LogP contribution is -2.58. The lowest BCUT2D eigenvalue weighted by atomic mass is 10.00. The number of rotatable bonds is 2. The molecule has 1 aliphatic heterocycles. The molecular formula is C14H19N3O3. The molecule has 0 bridgehead atoms. The van der Waals surface area contributed by atoms with Gasteiger partial charge in [0.05, 0.1) is 4.92 Å². The van der Waals surface area contributed by atoms with Crippen molar-refractivity contribution in [3.05, 3.63) is 39.4 Å². The molecule has 0 atom stereocenters. The minimum atomic E-state index is -0.449. The monoisotopic (exact) mass is 277 g/mol. The summed E-state index contributed by atoms with van der Waals surface area (Å²) in [5.41, 5.74) is 1.08. The predicted molar refractivity (Wildman–Crippen MR) is 75.8 cm³/mol. The Morgan fingerprint density at radius 3 is 2.70 bits per heavy atom. The number of hydrogen-bond acceptors (Lipinski definition) is 4. The zero-order valence-electron chi connectivity index (χ0n) is 12.0. The number of nitrogens with one attached hydrogen (secondary N) is 1. The fourth-order valence-electron chi connectivity index (χ4n) is 2.49. The molecule has 0 aliphatic carbocycles. The van der Waals surface area contributed by atoms with E-state index in [1.54, 1.807) is 17.9 Å². The standard InChI is InChI=1S/C14H19N3O3/c1-10-8-11(17(19)20)4-5-12(10)13(18)16-7-6-15-14(2,3)9-16/h4-5,8,15H,6-7,9H2,1-3H3. The number of amides is 1. The van der Waals surface area contributed by atoms with Crippen molar-refractivity contribution >= 4 is 11.6 Å². The highest BCUT2D eigenvalue weighted by molar-refractivity contribution is 5.96. The van der Waals surface area contributed by atoms with Crippen LogP contribution in [0.2, 0.25) is 0 Å². The highest BCUT2D eigenvalue weighted by atomic mass is 16.6. The van der Waals surface area contributed by atoms with Gasteiger partial charge in [-0.1, -0.05) is 0 Å². The van der Waals surface area contributed by atoms with Crippen molar-refractivity contribution in [3.8, 4) is 0 Å². The van der Waals surface area contributed by atoms with E-state index in [-0.39, 0.29) is 17.1 Å². The summed E-state index contributed by atoms with van der Waals surface area (Å²) in [7, 11) is 0. The Morgan fingerprint density at radius 1 is 1.45 bits per heavy atom. The van der Waals surface area contributed by atoms with Crippen LogP contribution in [0.3, 0.4) is 0 Å². The maximum Gasteiger partial charge on any atom is 0.269 e. The quantitative estimate of drug-likeness (QED) is 0.660. The van der Waals surface area contributed by atoms with Gasteiger partial charge in [0.15, 0.2) is 0 Å². The second kappa shape index (κ2) is 5.20. The molecule has 1 fully saturated rings. The van der Waals surface area contributed by atoms with Crippen LogP contribution in [-0.4, -0.2) is 40.9 Å². The molecule has 108 valence electrons. The van der Waals surface area contributed by atoms with Crippen molar-refractivity contribution in [1.82, 2.24) is 10.2 Å². The first kappa shape index (κ1) is 14.5. The minimum absolute atomic E-state index is 0.0136. The maximum atomic E-state index is 12.5. The SMILES string of the molecule is Cc1cc([N+](=O)[O-])ccc1C(=O)N1CCNC(C)(C)C1. The molecule has 1 N–H and O–H groups in total. The second-order valence-electron chi connectivity index (χ2n) is 5.79. The number of nitro benzene ring substituents is 1. The highest BCUT2D eigenvalue weighted by Gasteiger charge is 2.29. The second-order valence-corrected chi connectivity index (χ2v) is 5.79. The van der Waals surface area contributed by atoms with Crippen LogP contribution in [0.25, 0.3) is 0 Å². The molecule has 2 rings (SSSR count). The number of piperazine rings is 1. The molecule has 1 aromatic rings. The van der Waals surface area contributed by atoms with Crippen molar-refractivity contribution in [2.24, 2.45) is 0 Å². The summed E-state index contributed by atoms with van der Waals surface area (Å²) in [5, 5.41) is 14.1. The van der Waals surface area contributed by atoms with Gasteiger partial charge in [-0.05, 0) is 32.4 Å². The first-order valence-electron chi connectivity index (χ1n) is 6.59. The molecule has 0 saturated carbocycles. The Balaban J connectivity index is 2.23. The first-order chi connectivity index (χ1) is 9.30. The summed E-state index contributed by atoms with van der Waals surface area (Å²) in [6, 6.07) is 4.37. The number of nitrogens with zero attached hydrogens (tertiary/aromatic N) is 2. The van der Waals surface area contributed by atoms with E-state index in [1.165, 1.54) is 12.1 Å². The highest BCUT2D eigenvalue weighted by Crippen LogP contribution is 2.20. The number of nitro groups is 1. The fourth-order valence-corrected chi connectivity index (χ4v) is 2.49. The Hall–Kier alpha value is -1.95. The Bertz CT molecular complexity index is 555. The van der Waals surface area contributed by atoms with Crippen LogP contribution in [0.4, 0.5) is 5.69 Å². The minimum Gasteiger partial charge on any atom is -0.336 e. The van der Waals surface area contributed by atoms with Gasteiger partial charge in [0.25, 0.3) is 11.6 Å². The number of carbonyl (C=O) groups excluding carboxylic acids is 1. The van der Waals surface area contributed by atoms with Crippen LogP contribution in [0.15, 0.2) is 18.2 Å². The van der Waals surface area contributed by atoms with Gasteiger partial charge < -0.3 is 10.2 Å². The summed E-state index contributed by atoms with van der Waals surface area (Å²) < 4.78 is 0. The maximum absolute atomic E-state index is 12.5. The van der Waals surface area contributed by atoms with E-state index < -0.39 is 4.92 Å². The molecular weight excluding hydrogens is 258 g/mol. The van der Waals surface area contributed by atoms with Gasteiger partial charge in [0.2, 0.25) is 0 Å². The molecule has 1 amide bonds. The third-order valence-corrected chi connectivity index (χ3v) is 3.51. The summed E-state index contributed by atoms with van der Waals surface area (Å²) in [5.74, 6) is -0.0630. The van der Waals surface area contributed by atoms with Crippen molar-refractivity contribution < 1.29 is 9.72 Å². The van der Waals surface area contributed by atoms with Gasteiger partial charge in [-0.3, -0.25) is 14.9 Å². The molecule has 1 aliphatic rings. The summed E-state index contributed by atoms with van der Waals surface area (Å²) in [4.78, 5) is 24.6. The van der Waals surface area contributed by atoms with Gasteiger partial charge in [-0.15, -0.1) is 0 Å². The average molecular weight is 277 g/mol. The van der Waals surface area contributed by atoms with Crippen LogP contribution >= 0.6 is 0 Å². The van der Waals surface area contributed by atoms with E-state index in [0.717, 1.165) is 6.54 Å². The topological polar surface area (TPSA) is 75.5 Å². The van der Waals surface area contributed by atoms with Crippen LogP contribution in [-0.2, 0) is 0 Å². The number of aryl methyl sites for hydroxylation is 1. The first-order valence-corrected chi connectivity index (χ1v) is 6.59. The molecule has 1 aromatic carbocycles. The lowest BCUT2D eigenvalue weighted by molar-refractivity contribution is -0.384. The number of benzene rings is 1. The largest absolute Gasteiger partial charge is 0.336 e. The molecule has 1 saturated heterocycles. The molecule has 1 heterocycles. The third kappa shape index (κ3) is 2.96. The van der Waals surface area contributed by atoms with Crippen molar-refractivity contribution in [2.45, 2.75) is 26.3 Å². The van der Waals surface area contributed by atoms with Crippen molar-refractivity contribution in [3.63, 3.8) is 0 Å². The fraction of sp³-hybridized carbons (Fsp3) is 0.500. The normalized spacial score (nSPS) is 17.9. The summed E-state index contributed by atoms with van der Waals surface area (Å²) in [6.45, 7) is 7.86. The van der Waals surface area contributed by atoms with Gasteiger partial charge >= 0.3 is 0 Å². The van der Waals surface area contributed by atoms with Crippen LogP contribution in [0.1, 0.15) is 29.8 Å².